The van der Waals surface area contributed by atoms with Crippen molar-refractivity contribution < 1.29 is 14.3 Å². The summed E-state index contributed by atoms with van der Waals surface area (Å²) < 4.78 is 10.6. The summed E-state index contributed by atoms with van der Waals surface area (Å²) in [5, 5.41) is 0. The lowest BCUT2D eigenvalue weighted by atomic mass is 9.35. The highest BCUT2D eigenvalue weighted by atomic mass is 16.7. The summed E-state index contributed by atoms with van der Waals surface area (Å²) in [6.07, 6.45) is 11.4. The molecule has 2 bridgehead atoms. The van der Waals surface area contributed by atoms with E-state index in [1.807, 2.05) is 6.92 Å². The molecule has 3 rings (SSSR count). The van der Waals surface area contributed by atoms with Gasteiger partial charge in [-0.25, -0.2) is 4.79 Å². The third-order valence-corrected chi connectivity index (χ3v) is 6.70. The molecular weight excluding hydrogens is 288 g/mol. The Morgan fingerprint density at radius 2 is 2.00 bits per heavy atom. The Bertz CT molecular complexity index is 582. The third-order valence-electron chi connectivity index (χ3n) is 6.70. The van der Waals surface area contributed by atoms with Crippen LogP contribution in [0, 0.1) is 22.7 Å². The van der Waals surface area contributed by atoms with E-state index < -0.39 is 6.29 Å². The lowest BCUT2D eigenvalue weighted by molar-refractivity contribution is -0.190. The van der Waals surface area contributed by atoms with Gasteiger partial charge < -0.3 is 9.47 Å². The number of ether oxygens (including phenoxy) is 2. The van der Waals surface area contributed by atoms with Crippen molar-refractivity contribution in [3.63, 3.8) is 0 Å². The molecule has 0 amide bonds. The van der Waals surface area contributed by atoms with Crippen molar-refractivity contribution in [2.45, 2.75) is 60.2 Å². The highest BCUT2D eigenvalue weighted by molar-refractivity contribution is 5.89. The minimum atomic E-state index is -0.580. The minimum absolute atomic E-state index is 0.297. The summed E-state index contributed by atoms with van der Waals surface area (Å²) in [6.45, 7) is 11.0. The Morgan fingerprint density at radius 1 is 1.35 bits per heavy atom. The standard InChI is InChI=1S/C20H28O3/c1-13(12-22-17-11-14(2)18(21)23-17)7-8-16-19(4)9-6-10-20(16,5)15(19)3/h7-8,11-12,15-17H,6,9-10H2,1-5H3/b8-7+,13-12-/t15?,16?,17?,19-,20?/m1/s1. The zero-order chi connectivity index (χ0) is 16.8. The predicted octanol–water partition coefficient (Wildman–Crippen LogP) is 4.75. The second-order valence-corrected chi connectivity index (χ2v) is 8.04. The maximum Gasteiger partial charge on any atom is 0.336 e. The first-order chi connectivity index (χ1) is 10.8. The van der Waals surface area contributed by atoms with Crippen molar-refractivity contribution in [2.75, 3.05) is 0 Å². The number of hydrogen-bond acceptors (Lipinski definition) is 3. The van der Waals surface area contributed by atoms with E-state index in [2.05, 4.69) is 32.9 Å². The lowest BCUT2D eigenvalue weighted by Crippen LogP contribution is -2.62. The SMILES string of the molecule is CC1=CC(O/C=C(C)\C=C\C2C3(C)CCC[C@]2(C)C3C)OC1=O. The maximum absolute atomic E-state index is 11.3. The topological polar surface area (TPSA) is 35.5 Å². The molecule has 4 unspecified atom stereocenters. The molecule has 0 radical (unpaired) electrons. The third kappa shape index (κ3) is 2.54. The summed E-state index contributed by atoms with van der Waals surface area (Å²) in [6, 6.07) is 0. The summed E-state index contributed by atoms with van der Waals surface area (Å²) >= 11 is 0. The molecular formula is C20H28O3. The number of carbonyl (C=O) groups excluding carboxylic acids is 1. The van der Waals surface area contributed by atoms with E-state index in [1.165, 1.54) is 19.3 Å². The number of rotatable bonds is 4. The van der Waals surface area contributed by atoms with E-state index in [0.717, 1.165) is 11.5 Å². The van der Waals surface area contributed by atoms with Gasteiger partial charge in [0.25, 0.3) is 6.29 Å². The van der Waals surface area contributed by atoms with Gasteiger partial charge in [-0.3, -0.25) is 0 Å². The fraction of sp³-hybridized carbons (Fsp3) is 0.650. The minimum Gasteiger partial charge on any atom is -0.458 e. The molecule has 2 fully saturated rings. The summed E-state index contributed by atoms with van der Waals surface area (Å²) in [4.78, 5) is 11.3. The van der Waals surface area contributed by atoms with Crippen LogP contribution >= 0.6 is 0 Å². The maximum atomic E-state index is 11.3. The van der Waals surface area contributed by atoms with Gasteiger partial charge in [-0.15, -0.1) is 0 Å². The Morgan fingerprint density at radius 3 is 2.57 bits per heavy atom. The van der Waals surface area contributed by atoms with Gasteiger partial charge in [-0.1, -0.05) is 39.3 Å². The van der Waals surface area contributed by atoms with Crippen LogP contribution in [0.1, 0.15) is 53.9 Å². The van der Waals surface area contributed by atoms with Crippen molar-refractivity contribution >= 4 is 5.97 Å². The van der Waals surface area contributed by atoms with Crippen molar-refractivity contribution in [2.24, 2.45) is 22.7 Å². The largest absolute Gasteiger partial charge is 0.458 e. The first kappa shape index (κ1) is 16.4. The highest BCUT2D eigenvalue weighted by Gasteiger charge is 2.64. The van der Waals surface area contributed by atoms with Crippen LogP contribution in [0.3, 0.4) is 0 Å². The zero-order valence-electron chi connectivity index (χ0n) is 14.9. The van der Waals surface area contributed by atoms with Crippen molar-refractivity contribution in [3.05, 3.63) is 35.6 Å². The summed E-state index contributed by atoms with van der Waals surface area (Å²) in [7, 11) is 0. The average molecular weight is 316 g/mol. The van der Waals surface area contributed by atoms with Gasteiger partial charge in [-0.05, 0) is 54.9 Å². The highest BCUT2D eigenvalue weighted by Crippen LogP contribution is 2.71. The molecule has 1 heterocycles. The Labute approximate surface area is 139 Å². The van der Waals surface area contributed by atoms with Gasteiger partial charge >= 0.3 is 5.97 Å². The van der Waals surface area contributed by atoms with Gasteiger partial charge in [0, 0.05) is 11.6 Å². The molecule has 126 valence electrons. The average Bonchev–Trinajstić information content (AvgIpc) is 2.82. The number of allylic oxidation sites excluding steroid dienone is 3. The first-order valence-corrected chi connectivity index (χ1v) is 8.67. The molecule has 5 atom stereocenters. The number of carbonyl (C=O) groups is 1. The first-order valence-electron chi connectivity index (χ1n) is 8.67. The van der Waals surface area contributed by atoms with Gasteiger partial charge in [0.05, 0.1) is 6.26 Å². The van der Waals surface area contributed by atoms with Crippen LogP contribution in [-0.2, 0) is 14.3 Å². The second-order valence-electron chi connectivity index (χ2n) is 8.04. The van der Waals surface area contributed by atoms with Crippen molar-refractivity contribution in [1.82, 2.24) is 0 Å². The molecule has 3 aliphatic rings. The molecule has 2 aliphatic carbocycles. The van der Waals surface area contributed by atoms with Crippen LogP contribution < -0.4 is 0 Å². The van der Waals surface area contributed by atoms with E-state index in [1.54, 1.807) is 19.3 Å². The fourth-order valence-electron chi connectivity index (χ4n) is 5.02. The lowest BCUT2D eigenvalue weighted by Gasteiger charge is -2.69. The van der Waals surface area contributed by atoms with E-state index in [-0.39, 0.29) is 5.97 Å². The Kier molecular flexibility index (Phi) is 3.94. The molecule has 2 saturated carbocycles. The number of cyclic esters (lactones) is 1. The Balaban J connectivity index is 1.62. The van der Waals surface area contributed by atoms with Gasteiger partial charge in [0.15, 0.2) is 0 Å². The van der Waals surface area contributed by atoms with E-state index in [9.17, 15) is 4.79 Å². The molecule has 0 aromatic heterocycles. The molecule has 3 heteroatoms. The summed E-state index contributed by atoms with van der Waals surface area (Å²) in [5.41, 5.74) is 2.55. The molecule has 0 aromatic rings. The monoisotopic (exact) mass is 316 g/mol. The van der Waals surface area contributed by atoms with Crippen LogP contribution in [0.25, 0.3) is 0 Å². The van der Waals surface area contributed by atoms with Crippen molar-refractivity contribution in [3.8, 4) is 0 Å². The van der Waals surface area contributed by atoms with E-state index in [0.29, 0.717) is 22.3 Å². The smallest absolute Gasteiger partial charge is 0.336 e. The van der Waals surface area contributed by atoms with Crippen molar-refractivity contribution in [1.29, 1.82) is 0 Å². The number of hydrogen-bond donors (Lipinski definition) is 0. The van der Waals surface area contributed by atoms with Crippen LogP contribution in [0.15, 0.2) is 35.6 Å². The van der Waals surface area contributed by atoms with Gasteiger partial charge in [0.1, 0.15) is 0 Å². The number of fused-ring (bicyclic) bond motifs is 2. The number of esters is 1. The zero-order valence-corrected chi connectivity index (χ0v) is 14.9. The molecule has 3 nitrogen and oxygen atoms in total. The van der Waals surface area contributed by atoms with Crippen LogP contribution in [-0.4, -0.2) is 12.3 Å². The Hall–Kier alpha value is -1.51. The van der Waals surface area contributed by atoms with E-state index >= 15 is 0 Å². The second kappa shape index (κ2) is 5.54. The molecule has 0 N–H and O–H groups in total. The van der Waals surface area contributed by atoms with Crippen LogP contribution in [0.2, 0.25) is 0 Å². The molecule has 0 aromatic carbocycles. The normalized spacial score (nSPS) is 43.2. The molecule has 0 saturated heterocycles. The predicted molar refractivity (Wildman–Crippen MR) is 90.3 cm³/mol. The van der Waals surface area contributed by atoms with E-state index in [4.69, 9.17) is 9.47 Å². The van der Waals surface area contributed by atoms with Crippen LogP contribution in [0.5, 0.6) is 0 Å². The molecule has 1 aliphatic heterocycles. The summed E-state index contributed by atoms with van der Waals surface area (Å²) in [5.74, 6) is 1.15. The molecule has 23 heavy (non-hydrogen) atoms. The van der Waals surface area contributed by atoms with Crippen LogP contribution in [0.4, 0.5) is 0 Å². The van der Waals surface area contributed by atoms with Gasteiger partial charge in [0.2, 0.25) is 0 Å². The molecule has 0 spiro atoms. The quantitative estimate of drug-likeness (QED) is 0.426. The fourth-order valence-corrected chi connectivity index (χ4v) is 5.02. The van der Waals surface area contributed by atoms with Gasteiger partial charge in [-0.2, -0.15) is 0 Å².